The molecule has 2 aliphatic heterocycles. The van der Waals surface area contributed by atoms with Gasteiger partial charge in [0.15, 0.2) is 0 Å². The molecule has 2 saturated heterocycles. The predicted octanol–water partition coefficient (Wildman–Crippen LogP) is 12.1. The number of carbonyl (C=O) groups excluding carboxylic acids is 4. The Hall–Kier alpha value is -8.88. The predicted molar refractivity (Wildman–Crippen MR) is 321 cm³/mol. The summed E-state index contributed by atoms with van der Waals surface area (Å²) < 4.78 is 9.16. The van der Waals surface area contributed by atoms with Crippen molar-refractivity contribution in [2.45, 2.75) is 118 Å². The fourth-order valence-electron chi connectivity index (χ4n) is 10.5. The molecule has 0 spiro atoms. The standard InChI is InChI=1S/C32H36N6O3.C30H30N6O2.C2H6.2H2/c1-4-8-23-15-16-34-27(21-23)35-32(40)25-13-11-24(12-14-25)29-30-22(2)33-17-19-38(30)31(36-29)26-9-5-6-18-37(26)28(39)10-7-20-41-3;1-4-7-21-14-15-32-25(19-21)33-30(38)23-12-10-22(11-13-23)27-28-20(3)31-16-18-36(28)29(34-27)24-9-6-17-35(24)26(37)8-5-2;1-2;;/h7,10-17,19,21,26H,4-6,8-9,18,20H2,1-3H3,(H,34,35,40);10-16,18-19,24H,4,6-7,9,17H2,1-3H3,(H,32,33,38);1-2H3;2*1H/b10-7+;;;;/t26-;24-;;;/m00.../s1. The van der Waals surface area contributed by atoms with Gasteiger partial charge in [-0.05, 0) is 131 Å². The van der Waals surface area contributed by atoms with Crippen LogP contribution < -0.4 is 10.6 Å². The number of benzene rings is 2. The molecule has 0 aliphatic carbocycles. The zero-order valence-corrected chi connectivity index (χ0v) is 47.7. The SMILES string of the molecule is CC.CC#CC(=O)N1CCC[C@H]1c1nc(-c2ccc(C(=O)Nc3cc(CCC)ccn3)cc2)c2c(C)nccn12.CCCc1ccnc(NC(=O)c2ccc(-c3nc([C@@H]4CCCCN4C(=O)/C=C/COC)n4ccnc(C)c34)cc2)c1.[HH].[HH]. The van der Waals surface area contributed by atoms with Crippen molar-refractivity contribution >= 4 is 46.3 Å². The van der Waals surface area contributed by atoms with Gasteiger partial charge < -0.3 is 25.2 Å². The van der Waals surface area contributed by atoms with E-state index in [1.807, 2.05) is 103 Å². The van der Waals surface area contributed by atoms with Crippen LogP contribution in [0.5, 0.6) is 0 Å². The number of piperidine rings is 1. The molecule has 0 radical (unpaired) electrons. The smallest absolute Gasteiger partial charge is 0.299 e. The molecule has 6 aromatic heterocycles. The highest BCUT2D eigenvalue weighted by molar-refractivity contribution is 6.05. The Labute approximate surface area is 477 Å². The largest absolute Gasteiger partial charge is 0.381 e. The highest BCUT2D eigenvalue weighted by Crippen LogP contribution is 2.38. The molecule has 10 rings (SSSR count). The van der Waals surface area contributed by atoms with Crippen LogP contribution >= 0.6 is 0 Å². The molecule has 8 heterocycles. The molecule has 422 valence electrons. The number of imidazole rings is 2. The van der Waals surface area contributed by atoms with E-state index in [4.69, 9.17) is 14.7 Å². The van der Waals surface area contributed by atoms with E-state index in [2.05, 4.69) is 60.7 Å². The lowest BCUT2D eigenvalue weighted by Gasteiger charge is -2.34. The highest BCUT2D eigenvalue weighted by Gasteiger charge is 2.34. The second kappa shape index (κ2) is 27.8. The molecule has 2 fully saturated rings. The molecular formula is C64H76N12O5. The number of nitrogens with zero attached hydrogens (tertiary/aromatic N) is 10. The number of methoxy groups -OCH3 is 1. The normalized spacial score (nSPS) is 14.9. The number of rotatable bonds is 15. The number of hydrogen-bond acceptors (Lipinski definition) is 11. The Kier molecular flexibility index (Phi) is 20.0. The minimum atomic E-state index is -0.219. The van der Waals surface area contributed by atoms with E-state index >= 15 is 0 Å². The summed E-state index contributed by atoms with van der Waals surface area (Å²) in [5, 5.41) is 5.80. The lowest BCUT2D eigenvalue weighted by molar-refractivity contribution is -0.130. The maximum absolute atomic E-state index is 13.1. The van der Waals surface area contributed by atoms with Crippen molar-refractivity contribution in [3.8, 4) is 34.4 Å². The second-order valence-corrected chi connectivity index (χ2v) is 19.7. The Bertz CT molecular complexity index is 3610. The number of ether oxygens (including phenoxy) is 1. The van der Waals surface area contributed by atoms with Gasteiger partial charge in [-0.25, -0.2) is 19.9 Å². The summed E-state index contributed by atoms with van der Waals surface area (Å²) in [4.78, 5) is 83.1. The third-order valence-corrected chi connectivity index (χ3v) is 14.2. The minimum absolute atomic E-state index is 0. The number of pyridine rings is 2. The van der Waals surface area contributed by atoms with Gasteiger partial charge in [-0.2, -0.15) is 0 Å². The van der Waals surface area contributed by atoms with Crippen LogP contribution in [0.15, 0.2) is 122 Å². The monoisotopic (exact) mass is 1090 g/mol. The highest BCUT2D eigenvalue weighted by atomic mass is 16.5. The van der Waals surface area contributed by atoms with Crippen LogP contribution in [0.1, 0.15) is 149 Å². The van der Waals surface area contributed by atoms with Crippen molar-refractivity contribution in [3.05, 3.63) is 167 Å². The average Bonchev–Trinajstić information content (AvgIpc) is 2.62. The molecule has 2 N–H and O–H groups in total. The molecule has 2 aliphatic rings. The molecule has 2 aromatic carbocycles. The van der Waals surface area contributed by atoms with Gasteiger partial charge in [-0.1, -0.05) is 76.8 Å². The van der Waals surface area contributed by atoms with Gasteiger partial charge in [0.1, 0.15) is 23.3 Å². The number of likely N-dealkylation sites (tertiary alicyclic amines) is 2. The third kappa shape index (κ3) is 13.6. The van der Waals surface area contributed by atoms with Crippen molar-refractivity contribution in [2.24, 2.45) is 0 Å². The van der Waals surface area contributed by atoms with E-state index in [9.17, 15) is 19.2 Å². The van der Waals surface area contributed by atoms with E-state index in [-0.39, 0.29) is 38.6 Å². The number of aryl methyl sites for hydroxylation is 4. The molecular weight excluding hydrogens is 1020 g/mol. The maximum Gasteiger partial charge on any atom is 0.299 e. The van der Waals surface area contributed by atoms with Gasteiger partial charge in [0.25, 0.3) is 17.7 Å². The molecule has 0 unspecified atom stereocenters. The van der Waals surface area contributed by atoms with Crippen molar-refractivity contribution < 1.29 is 26.8 Å². The first-order valence-corrected chi connectivity index (χ1v) is 28.1. The van der Waals surface area contributed by atoms with Gasteiger partial charge >= 0.3 is 0 Å². The van der Waals surface area contributed by atoms with E-state index in [1.165, 1.54) is 0 Å². The van der Waals surface area contributed by atoms with E-state index < -0.39 is 0 Å². The van der Waals surface area contributed by atoms with Crippen molar-refractivity contribution in [1.82, 2.24) is 48.5 Å². The second-order valence-electron chi connectivity index (χ2n) is 19.7. The summed E-state index contributed by atoms with van der Waals surface area (Å²) in [7, 11) is 1.61. The van der Waals surface area contributed by atoms with Crippen LogP contribution in [0.4, 0.5) is 11.6 Å². The molecule has 17 nitrogen and oxygen atoms in total. The number of amides is 4. The van der Waals surface area contributed by atoms with Crippen LogP contribution in [0, 0.1) is 25.7 Å². The van der Waals surface area contributed by atoms with Gasteiger partial charge in [0.05, 0.1) is 52.5 Å². The minimum Gasteiger partial charge on any atom is -0.381 e. The van der Waals surface area contributed by atoms with Crippen LogP contribution in [0.3, 0.4) is 0 Å². The third-order valence-electron chi connectivity index (χ3n) is 14.2. The fourth-order valence-corrected chi connectivity index (χ4v) is 10.5. The van der Waals surface area contributed by atoms with Crippen LogP contribution in [0.25, 0.3) is 33.5 Å². The van der Waals surface area contributed by atoms with E-state index in [1.54, 1.807) is 75.2 Å². The number of nitrogens with one attached hydrogen (secondary N) is 2. The lowest BCUT2D eigenvalue weighted by atomic mass is 10.0. The molecule has 17 heteroatoms. The van der Waals surface area contributed by atoms with Gasteiger partial charge in [0.2, 0.25) is 5.91 Å². The zero-order chi connectivity index (χ0) is 57.4. The van der Waals surface area contributed by atoms with Crippen LogP contribution in [0.2, 0.25) is 0 Å². The molecule has 0 bridgehead atoms. The van der Waals surface area contributed by atoms with Crippen LogP contribution in [-0.4, -0.2) is 98.9 Å². The number of anilines is 2. The number of aromatic nitrogens is 8. The fraction of sp³-hybridized carbons (Fsp3) is 0.344. The van der Waals surface area contributed by atoms with Crippen LogP contribution in [-0.2, 0) is 27.2 Å². The number of fused-ring (bicyclic) bond motifs is 2. The topological polar surface area (TPSA) is 194 Å². The zero-order valence-electron chi connectivity index (χ0n) is 47.7. The lowest BCUT2D eigenvalue weighted by Crippen LogP contribution is -2.38. The Morgan fingerprint density at radius 2 is 1.14 bits per heavy atom. The Balaban J connectivity index is 0.000000254. The first-order chi connectivity index (χ1) is 39.5. The molecule has 0 saturated carbocycles. The summed E-state index contributed by atoms with van der Waals surface area (Å²) in [5.41, 5.74) is 10.1. The number of carbonyl (C=O) groups is 4. The summed E-state index contributed by atoms with van der Waals surface area (Å²) in [6.45, 7) is 15.5. The van der Waals surface area contributed by atoms with Crippen molar-refractivity contribution in [2.75, 3.05) is 37.4 Å². The quantitative estimate of drug-likeness (QED) is 0.0732. The first-order valence-electron chi connectivity index (χ1n) is 28.1. The summed E-state index contributed by atoms with van der Waals surface area (Å²) in [5.74, 6) is 7.43. The number of hydrogen-bond donors (Lipinski definition) is 2. The molecule has 4 amide bonds. The van der Waals surface area contributed by atoms with Gasteiger partial charge in [-0.15, -0.1) is 0 Å². The summed E-state index contributed by atoms with van der Waals surface area (Å²) >= 11 is 0. The van der Waals surface area contributed by atoms with Gasteiger partial charge in [0, 0.05) is 88.6 Å². The first kappa shape index (κ1) is 58.3. The Morgan fingerprint density at radius 3 is 1.62 bits per heavy atom. The van der Waals surface area contributed by atoms with E-state index in [0.29, 0.717) is 42.5 Å². The molecule has 2 atom stereocenters. The summed E-state index contributed by atoms with van der Waals surface area (Å²) in [6, 6.07) is 22.2. The van der Waals surface area contributed by atoms with Crippen molar-refractivity contribution in [3.63, 3.8) is 0 Å². The van der Waals surface area contributed by atoms with E-state index in [0.717, 1.165) is 125 Å². The molecule has 8 aromatic rings. The average molecular weight is 1090 g/mol. The maximum atomic E-state index is 13.1. The molecule has 81 heavy (non-hydrogen) atoms. The Morgan fingerprint density at radius 1 is 0.654 bits per heavy atom. The summed E-state index contributed by atoms with van der Waals surface area (Å²) in [6.07, 6.45) is 22.5. The van der Waals surface area contributed by atoms with Crippen molar-refractivity contribution in [1.29, 1.82) is 0 Å². The van der Waals surface area contributed by atoms with Gasteiger partial charge in [-0.3, -0.25) is 37.9 Å².